The van der Waals surface area contributed by atoms with Crippen LogP contribution in [0.15, 0.2) is 162 Å². The largest absolute Gasteiger partial charge is 0.456 e. The van der Waals surface area contributed by atoms with E-state index in [4.69, 9.17) is 12.6 Å². The van der Waals surface area contributed by atoms with Crippen LogP contribution in [0.25, 0.3) is 87.6 Å². The zero-order valence-electron chi connectivity index (χ0n) is 29.9. The number of fused-ring (bicyclic) bond motifs is 6. The Hall–Kier alpha value is -5.66. The summed E-state index contributed by atoms with van der Waals surface area (Å²) in [6, 6.07) is 35.5. The summed E-state index contributed by atoms with van der Waals surface area (Å²) in [7, 11) is 0. The summed E-state index contributed by atoms with van der Waals surface area (Å²) in [6.07, 6.45) is 0. The fraction of sp³-hybridized carbons (Fsp3) is 0. The maximum absolute atomic E-state index is 9.23. The molecule has 9 aromatic rings. The second-order valence-electron chi connectivity index (χ2n) is 10.7. The van der Waals surface area contributed by atoms with Crippen LogP contribution < -0.4 is 0 Å². The first-order valence-corrected chi connectivity index (χ1v) is 14.2. The zero-order valence-corrected chi connectivity index (χ0v) is 22.9. The number of para-hydroxylation sites is 1. The third kappa shape index (κ3) is 3.65. The normalized spacial score (nSPS) is 14.0. The Bertz CT molecular complexity index is 2830. The van der Waals surface area contributed by atoms with Crippen molar-refractivity contribution in [3.05, 3.63) is 158 Å². The minimum Gasteiger partial charge on any atom is -0.456 e. The SMILES string of the molecule is [2H]c1c([2H])c([2H])c2c(-c3c4ccccc4c(-c4cc5oc6ccccc6c5cc4-c4ccccc4)c4ccccc34)c([2H])c([2H])c([2H])c2c1[2H]. The van der Waals surface area contributed by atoms with Crippen LogP contribution in [0.5, 0.6) is 0 Å². The van der Waals surface area contributed by atoms with Gasteiger partial charge in [-0.3, -0.25) is 0 Å². The molecule has 0 aliphatic carbocycles. The van der Waals surface area contributed by atoms with Crippen LogP contribution in [0.1, 0.15) is 9.60 Å². The Balaban J connectivity index is 1.49. The third-order valence-electron chi connectivity index (χ3n) is 8.36. The minimum absolute atomic E-state index is 0.0639. The lowest BCUT2D eigenvalue weighted by Crippen LogP contribution is -1.93. The van der Waals surface area contributed by atoms with Crippen molar-refractivity contribution in [2.45, 2.75) is 0 Å². The minimum atomic E-state index is -0.474. The van der Waals surface area contributed by atoms with Crippen LogP contribution in [-0.4, -0.2) is 0 Å². The summed E-state index contributed by atoms with van der Waals surface area (Å²) in [6.45, 7) is 0. The first-order valence-electron chi connectivity index (χ1n) is 17.7. The van der Waals surface area contributed by atoms with Crippen LogP contribution in [-0.2, 0) is 0 Å². The van der Waals surface area contributed by atoms with Gasteiger partial charge in [0.25, 0.3) is 0 Å². The molecule has 0 fully saturated rings. The van der Waals surface area contributed by atoms with E-state index in [-0.39, 0.29) is 28.4 Å². The monoisotopic (exact) mass is 553 g/mol. The zero-order chi connectivity index (χ0) is 34.4. The van der Waals surface area contributed by atoms with Crippen molar-refractivity contribution in [1.29, 1.82) is 0 Å². The number of furan rings is 1. The van der Waals surface area contributed by atoms with E-state index in [9.17, 15) is 1.37 Å². The summed E-state index contributed by atoms with van der Waals surface area (Å²) in [4.78, 5) is 0. The molecule has 43 heavy (non-hydrogen) atoms. The third-order valence-corrected chi connectivity index (χ3v) is 8.36. The average molecular weight is 554 g/mol. The first kappa shape index (κ1) is 18.0. The molecule has 9 rings (SSSR count). The summed E-state index contributed by atoms with van der Waals surface area (Å²) in [5, 5.41) is 5.27. The van der Waals surface area contributed by atoms with Gasteiger partial charge in [-0.15, -0.1) is 0 Å². The van der Waals surface area contributed by atoms with E-state index >= 15 is 0 Å². The van der Waals surface area contributed by atoms with Crippen LogP contribution in [0.2, 0.25) is 0 Å². The first-order chi connectivity index (χ1) is 24.3. The van der Waals surface area contributed by atoms with E-state index in [1.165, 1.54) is 0 Å². The van der Waals surface area contributed by atoms with Gasteiger partial charge in [-0.1, -0.05) is 139 Å². The molecule has 0 radical (unpaired) electrons. The van der Waals surface area contributed by atoms with Crippen LogP contribution >= 0.6 is 0 Å². The van der Waals surface area contributed by atoms with Gasteiger partial charge in [0.2, 0.25) is 0 Å². The fourth-order valence-corrected chi connectivity index (χ4v) is 6.52. The molecule has 200 valence electrons. The van der Waals surface area contributed by atoms with Crippen molar-refractivity contribution < 1.29 is 14.0 Å². The maximum Gasteiger partial charge on any atom is 0.136 e. The van der Waals surface area contributed by atoms with Gasteiger partial charge in [0, 0.05) is 10.8 Å². The second kappa shape index (κ2) is 9.44. The standard InChI is InChI=1S/C42H26O/c1-2-13-28(14-3-1)36-25-37-30-18-10-11-24-39(30)43-40(37)26-38(36)42-34-21-8-6-19-32(34)41(33-20-7-9-22-35(33)42)31-23-12-16-27-15-4-5-17-29(27)31/h1-26H/i4D,5D,12D,15D,16D,17D,23D. The quantitative estimate of drug-likeness (QED) is 0.198. The van der Waals surface area contributed by atoms with Gasteiger partial charge in [0.05, 0.1) is 9.60 Å². The molecule has 0 atom stereocenters. The van der Waals surface area contributed by atoms with Crippen molar-refractivity contribution in [1.82, 2.24) is 0 Å². The number of rotatable bonds is 3. The fourth-order valence-electron chi connectivity index (χ4n) is 6.52. The van der Waals surface area contributed by atoms with Gasteiger partial charge in [-0.25, -0.2) is 0 Å². The predicted octanol–water partition coefficient (Wildman–Crippen LogP) is 12.0. The Morgan fingerprint density at radius 2 is 0.977 bits per heavy atom. The van der Waals surface area contributed by atoms with Crippen LogP contribution in [0.4, 0.5) is 0 Å². The topological polar surface area (TPSA) is 13.1 Å². The van der Waals surface area contributed by atoms with Gasteiger partial charge in [0.15, 0.2) is 0 Å². The number of benzene rings is 8. The molecule has 8 aromatic carbocycles. The van der Waals surface area contributed by atoms with E-state index in [0.29, 0.717) is 5.56 Å². The molecular weight excluding hydrogens is 520 g/mol. The average Bonchev–Trinajstić information content (AvgIpc) is 3.52. The highest BCUT2D eigenvalue weighted by Crippen LogP contribution is 2.48. The highest BCUT2D eigenvalue weighted by atomic mass is 16.3. The van der Waals surface area contributed by atoms with E-state index in [0.717, 1.165) is 65.7 Å². The van der Waals surface area contributed by atoms with Gasteiger partial charge in [0.1, 0.15) is 11.2 Å². The van der Waals surface area contributed by atoms with Crippen LogP contribution in [0.3, 0.4) is 0 Å². The molecule has 1 nitrogen and oxygen atoms in total. The maximum atomic E-state index is 9.23. The molecule has 0 bridgehead atoms. The van der Waals surface area contributed by atoms with E-state index in [1.54, 1.807) is 0 Å². The Morgan fingerprint density at radius 1 is 0.395 bits per heavy atom. The molecule has 0 aliphatic heterocycles. The predicted molar refractivity (Wildman–Crippen MR) is 183 cm³/mol. The molecule has 0 saturated carbocycles. The molecule has 0 spiro atoms. The van der Waals surface area contributed by atoms with Crippen molar-refractivity contribution >= 4 is 54.3 Å². The lowest BCUT2D eigenvalue weighted by molar-refractivity contribution is 0.669. The van der Waals surface area contributed by atoms with E-state index in [2.05, 4.69) is 30.3 Å². The lowest BCUT2D eigenvalue weighted by atomic mass is 9.82. The highest BCUT2D eigenvalue weighted by Gasteiger charge is 2.21. The Kier molecular flexibility index (Phi) is 3.95. The molecule has 0 saturated heterocycles. The number of hydrogen-bond donors (Lipinski definition) is 0. The van der Waals surface area contributed by atoms with Gasteiger partial charge >= 0.3 is 0 Å². The molecule has 1 heteroatoms. The summed E-state index contributed by atoms with van der Waals surface area (Å²) in [5.74, 6) is 0. The molecule has 1 heterocycles. The summed E-state index contributed by atoms with van der Waals surface area (Å²) in [5.41, 5.74) is 6.28. The molecule has 0 N–H and O–H groups in total. The second-order valence-corrected chi connectivity index (χ2v) is 10.7. The van der Waals surface area contributed by atoms with Gasteiger partial charge in [-0.05, 0) is 83.9 Å². The molecule has 0 amide bonds. The summed E-state index contributed by atoms with van der Waals surface area (Å²) >= 11 is 0. The van der Waals surface area contributed by atoms with Crippen molar-refractivity contribution in [3.8, 4) is 33.4 Å². The highest BCUT2D eigenvalue weighted by molar-refractivity contribution is 6.25. The summed E-state index contributed by atoms with van der Waals surface area (Å²) < 4.78 is 67.7. The molecule has 0 unspecified atom stereocenters. The van der Waals surface area contributed by atoms with E-state index in [1.807, 2.05) is 84.9 Å². The lowest BCUT2D eigenvalue weighted by Gasteiger charge is -2.20. The van der Waals surface area contributed by atoms with E-state index < -0.39 is 30.2 Å². The number of hydrogen-bond acceptors (Lipinski definition) is 1. The molecule has 1 aromatic heterocycles. The smallest absolute Gasteiger partial charge is 0.136 e. The van der Waals surface area contributed by atoms with Crippen molar-refractivity contribution in [2.24, 2.45) is 0 Å². The molecule has 0 aliphatic rings. The van der Waals surface area contributed by atoms with Crippen LogP contribution in [0, 0.1) is 0 Å². The van der Waals surface area contributed by atoms with Gasteiger partial charge in [-0.2, -0.15) is 0 Å². The van der Waals surface area contributed by atoms with Crippen molar-refractivity contribution in [3.63, 3.8) is 0 Å². The Morgan fingerprint density at radius 3 is 1.70 bits per heavy atom. The Labute approximate surface area is 259 Å². The van der Waals surface area contributed by atoms with Gasteiger partial charge < -0.3 is 4.42 Å². The molecular formula is C42H26O. The van der Waals surface area contributed by atoms with Crippen molar-refractivity contribution in [2.75, 3.05) is 0 Å².